The van der Waals surface area contributed by atoms with E-state index in [1.165, 1.54) is 0 Å². The number of hydrogen-bond acceptors (Lipinski definition) is 4. The number of rotatable bonds is 6. The van der Waals surface area contributed by atoms with Crippen molar-refractivity contribution in [2.24, 2.45) is 0 Å². The van der Waals surface area contributed by atoms with Crippen LogP contribution in [0.25, 0.3) is 22.4 Å². The topological polar surface area (TPSA) is 88.5 Å². The summed E-state index contributed by atoms with van der Waals surface area (Å²) in [5.74, 6) is 0.652. The molecule has 0 saturated carbocycles. The van der Waals surface area contributed by atoms with Gasteiger partial charge in [0.1, 0.15) is 11.3 Å². The second-order valence-electron chi connectivity index (χ2n) is 5.93. The Morgan fingerprint density at radius 1 is 1.15 bits per heavy atom. The molecule has 4 aromatic rings. The van der Waals surface area contributed by atoms with Gasteiger partial charge in [0.15, 0.2) is 0 Å². The van der Waals surface area contributed by atoms with Crippen molar-refractivity contribution >= 4 is 16.9 Å². The van der Waals surface area contributed by atoms with Crippen molar-refractivity contribution in [2.45, 2.75) is 13.0 Å². The van der Waals surface area contributed by atoms with Crippen LogP contribution in [0.3, 0.4) is 0 Å². The lowest BCUT2D eigenvalue weighted by Gasteiger charge is -2.07. The number of fused-ring (bicyclic) bond motifs is 1. The molecule has 2 heterocycles. The first kappa shape index (κ1) is 16.0. The summed E-state index contributed by atoms with van der Waals surface area (Å²) in [6.45, 7) is 1.27. The molecule has 0 aliphatic heterocycles. The van der Waals surface area contributed by atoms with Gasteiger partial charge in [-0.1, -0.05) is 29.5 Å². The smallest absolute Gasteiger partial charge is 0.251 e. The molecule has 0 spiro atoms. The van der Waals surface area contributed by atoms with Crippen LogP contribution in [-0.4, -0.2) is 37.4 Å². The van der Waals surface area contributed by atoms with Crippen molar-refractivity contribution in [1.82, 2.24) is 30.3 Å². The molecule has 0 radical (unpaired) electrons. The Morgan fingerprint density at radius 2 is 2.08 bits per heavy atom. The molecule has 2 aromatic carbocycles. The SMILES string of the molecule is O=C(NCCCn1nnc2ccccc21)c1cccc(-c2ncc[nH]2)c1. The van der Waals surface area contributed by atoms with Gasteiger partial charge in [0, 0.05) is 36.6 Å². The molecule has 7 heteroatoms. The zero-order valence-electron chi connectivity index (χ0n) is 14.1. The molecular formula is C19H18N6O. The summed E-state index contributed by atoms with van der Waals surface area (Å²) in [6.07, 6.45) is 4.23. The van der Waals surface area contributed by atoms with E-state index in [1.807, 2.05) is 47.1 Å². The summed E-state index contributed by atoms with van der Waals surface area (Å²) in [5, 5.41) is 11.2. The van der Waals surface area contributed by atoms with Crippen LogP contribution >= 0.6 is 0 Å². The molecule has 4 rings (SSSR count). The second kappa shape index (κ2) is 7.18. The van der Waals surface area contributed by atoms with Gasteiger partial charge in [0.25, 0.3) is 5.91 Å². The van der Waals surface area contributed by atoms with Gasteiger partial charge in [0.05, 0.1) is 5.52 Å². The highest BCUT2D eigenvalue weighted by Crippen LogP contribution is 2.16. The summed E-state index contributed by atoms with van der Waals surface area (Å²) in [7, 11) is 0. The third kappa shape index (κ3) is 3.32. The summed E-state index contributed by atoms with van der Waals surface area (Å²) in [5.41, 5.74) is 3.39. The number of benzene rings is 2. The molecule has 2 aromatic heterocycles. The number of nitrogens with zero attached hydrogens (tertiary/aromatic N) is 4. The van der Waals surface area contributed by atoms with Crippen molar-refractivity contribution < 1.29 is 4.79 Å². The van der Waals surface area contributed by atoms with Crippen molar-refractivity contribution in [3.63, 3.8) is 0 Å². The first-order valence-electron chi connectivity index (χ1n) is 8.47. The molecule has 7 nitrogen and oxygen atoms in total. The van der Waals surface area contributed by atoms with E-state index in [-0.39, 0.29) is 5.91 Å². The number of aryl methyl sites for hydroxylation is 1. The lowest BCUT2D eigenvalue weighted by molar-refractivity contribution is 0.0952. The Labute approximate surface area is 150 Å². The molecule has 0 aliphatic rings. The van der Waals surface area contributed by atoms with Crippen molar-refractivity contribution in [1.29, 1.82) is 0 Å². The second-order valence-corrected chi connectivity index (χ2v) is 5.93. The minimum absolute atomic E-state index is 0.0955. The fourth-order valence-electron chi connectivity index (χ4n) is 2.85. The maximum Gasteiger partial charge on any atom is 0.251 e. The number of amides is 1. The van der Waals surface area contributed by atoms with Crippen LogP contribution in [0.1, 0.15) is 16.8 Å². The summed E-state index contributed by atoms with van der Waals surface area (Å²) >= 11 is 0. The van der Waals surface area contributed by atoms with Crippen LogP contribution in [0.5, 0.6) is 0 Å². The molecule has 0 fully saturated rings. The molecule has 0 atom stereocenters. The summed E-state index contributed by atoms with van der Waals surface area (Å²) in [6, 6.07) is 15.3. The molecular weight excluding hydrogens is 328 g/mol. The number of aromatic amines is 1. The van der Waals surface area contributed by atoms with E-state index >= 15 is 0 Å². The Balaban J connectivity index is 1.34. The van der Waals surface area contributed by atoms with Crippen LogP contribution in [0.4, 0.5) is 0 Å². The molecule has 0 unspecified atom stereocenters. The third-order valence-corrected chi connectivity index (χ3v) is 4.15. The van der Waals surface area contributed by atoms with E-state index in [0.717, 1.165) is 28.8 Å². The fraction of sp³-hybridized carbons (Fsp3) is 0.158. The van der Waals surface area contributed by atoms with E-state index < -0.39 is 0 Å². The van der Waals surface area contributed by atoms with Gasteiger partial charge in [-0.2, -0.15) is 0 Å². The van der Waals surface area contributed by atoms with Gasteiger partial charge in [-0.25, -0.2) is 9.67 Å². The highest BCUT2D eigenvalue weighted by molar-refractivity contribution is 5.95. The van der Waals surface area contributed by atoms with E-state index in [4.69, 9.17) is 0 Å². The van der Waals surface area contributed by atoms with Crippen molar-refractivity contribution in [3.8, 4) is 11.4 Å². The average Bonchev–Trinajstić information content (AvgIpc) is 3.35. The standard InChI is InChI=1S/C19H18N6O/c26-19(15-6-3-5-14(13-15)18-20-10-11-21-18)22-9-4-12-25-17-8-2-1-7-16(17)23-24-25/h1-3,5-8,10-11,13H,4,9,12H2,(H,20,21)(H,22,26). The number of aromatic nitrogens is 5. The predicted octanol–water partition coefficient (Wildman–Crippen LogP) is 2.64. The van der Waals surface area contributed by atoms with Crippen LogP contribution in [0.2, 0.25) is 0 Å². The maximum atomic E-state index is 12.4. The monoisotopic (exact) mass is 346 g/mol. The van der Waals surface area contributed by atoms with E-state index in [1.54, 1.807) is 18.5 Å². The molecule has 2 N–H and O–H groups in total. The predicted molar refractivity (Wildman–Crippen MR) is 98.5 cm³/mol. The van der Waals surface area contributed by atoms with E-state index in [9.17, 15) is 4.79 Å². The van der Waals surface area contributed by atoms with Gasteiger partial charge in [-0.05, 0) is 30.7 Å². The number of para-hydroxylation sites is 1. The van der Waals surface area contributed by atoms with Crippen molar-refractivity contribution in [3.05, 3.63) is 66.5 Å². The molecule has 1 amide bonds. The number of H-pyrrole nitrogens is 1. The van der Waals surface area contributed by atoms with Gasteiger partial charge in [-0.3, -0.25) is 4.79 Å². The quantitative estimate of drug-likeness (QED) is 0.525. The lowest BCUT2D eigenvalue weighted by Crippen LogP contribution is -2.25. The molecule has 26 heavy (non-hydrogen) atoms. The number of carbonyl (C=O) groups is 1. The Bertz CT molecular complexity index is 1020. The zero-order chi connectivity index (χ0) is 17.8. The zero-order valence-corrected chi connectivity index (χ0v) is 14.1. The maximum absolute atomic E-state index is 12.4. The van der Waals surface area contributed by atoms with Crippen LogP contribution in [-0.2, 0) is 6.54 Å². The van der Waals surface area contributed by atoms with Gasteiger partial charge >= 0.3 is 0 Å². The first-order chi connectivity index (χ1) is 12.8. The Kier molecular flexibility index (Phi) is 4.42. The highest BCUT2D eigenvalue weighted by Gasteiger charge is 2.08. The van der Waals surface area contributed by atoms with Crippen LogP contribution in [0.15, 0.2) is 60.9 Å². The van der Waals surface area contributed by atoms with Crippen LogP contribution in [0, 0.1) is 0 Å². The molecule has 0 bridgehead atoms. The number of nitrogens with one attached hydrogen (secondary N) is 2. The molecule has 130 valence electrons. The number of carbonyl (C=O) groups excluding carboxylic acids is 1. The Morgan fingerprint density at radius 3 is 2.96 bits per heavy atom. The molecule has 0 aliphatic carbocycles. The van der Waals surface area contributed by atoms with Crippen LogP contribution < -0.4 is 5.32 Å². The summed E-state index contributed by atoms with van der Waals surface area (Å²) in [4.78, 5) is 19.6. The largest absolute Gasteiger partial charge is 0.352 e. The fourth-order valence-corrected chi connectivity index (χ4v) is 2.85. The minimum Gasteiger partial charge on any atom is -0.352 e. The van der Waals surface area contributed by atoms with E-state index in [2.05, 4.69) is 25.6 Å². The highest BCUT2D eigenvalue weighted by atomic mass is 16.1. The van der Waals surface area contributed by atoms with Gasteiger partial charge in [0.2, 0.25) is 0 Å². The van der Waals surface area contributed by atoms with E-state index in [0.29, 0.717) is 18.7 Å². The minimum atomic E-state index is -0.0955. The van der Waals surface area contributed by atoms with Gasteiger partial charge in [-0.15, -0.1) is 5.10 Å². The first-order valence-corrected chi connectivity index (χ1v) is 8.47. The van der Waals surface area contributed by atoms with Gasteiger partial charge < -0.3 is 10.3 Å². The average molecular weight is 346 g/mol. The molecule has 0 saturated heterocycles. The summed E-state index contributed by atoms with van der Waals surface area (Å²) < 4.78 is 1.86. The number of hydrogen-bond donors (Lipinski definition) is 2. The number of imidazole rings is 1. The normalized spacial score (nSPS) is 10.9. The third-order valence-electron chi connectivity index (χ3n) is 4.15. The lowest BCUT2D eigenvalue weighted by atomic mass is 10.1. The van der Waals surface area contributed by atoms with Crippen molar-refractivity contribution in [2.75, 3.05) is 6.54 Å². The Hall–Kier alpha value is -3.48.